The molecule has 1 N–H and O–H groups in total. The normalized spacial score (nSPS) is 19.5. The quantitative estimate of drug-likeness (QED) is 0.758. The number of hydrogen-bond acceptors (Lipinski definition) is 3. The Kier molecular flexibility index (Phi) is 6.22. The smallest absolute Gasteiger partial charge is 0.0945 e. The Labute approximate surface area is 128 Å². The summed E-state index contributed by atoms with van der Waals surface area (Å²) in [5.74, 6) is 0.791. The van der Waals surface area contributed by atoms with Crippen LogP contribution in [0.4, 0.5) is 0 Å². The van der Waals surface area contributed by atoms with Crippen LogP contribution in [0.5, 0.6) is 0 Å². The van der Waals surface area contributed by atoms with Gasteiger partial charge in [0.15, 0.2) is 0 Å². The summed E-state index contributed by atoms with van der Waals surface area (Å²) in [6.45, 7) is 6.07. The standard InChI is InChI=1S/C18H29NO2/c1-4-17(18(20)16-8-6-5-7-9-16)19(12-13-21-3)14(2)15-10-11-15/h5-9,14-15,17-18,20H,4,10-13H2,1-3H3. The van der Waals surface area contributed by atoms with Gasteiger partial charge in [0.25, 0.3) is 0 Å². The second kappa shape index (κ2) is 7.92. The minimum atomic E-state index is -0.436. The highest BCUT2D eigenvalue weighted by molar-refractivity contribution is 5.19. The van der Waals surface area contributed by atoms with Gasteiger partial charge in [0.2, 0.25) is 0 Å². The summed E-state index contributed by atoms with van der Waals surface area (Å²) in [7, 11) is 1.74. The van der Waals surface area contributed by atoms with Crippen molar-refractivity contribution in [1.29, 1.82) is 0 Å². The van der Waals surface area contributed by atoms with Gasteiger partial charge in [0.05, 0.1) is 12.7 Å². The second-order valence-electron chi connectivity index (χ2n) is 6.14. The molecule has 3 heteroatoms. The third-order valence-corrected chi connectivity index (χ3v) is 4.73. The van der Waals surface area contributed by atoms with Crippen molar-refractivity contribution in [2.24, 2.45) is 5.92 Å². The van der Waals surface area contributed by atoms with E-state index >= 15 is 0 Å². The molecule has 0 aliphatic heterocycles. The first-order chi connectivity index (χ1) is 10.2. The van der Waals surface area contributed by atoms with Crippen molar-refractivity contribution in [2.75, 3.05) is 20.3 Å². The van der Waals surface area contributed by atoms with Gasteiger partial charge < -0.3 is 9.84 Å². The monoisotopic (exact) mass is 291 g/mol. The van der Waals surface area contributed by atoms with Crippen molar-refractivity contribution in [3.05, 3.63) is 35.9 Å². The first-order valence-electron chi connectivity index (χ1n) is 8.16. The summed E-state index contributed by atoms with van der Waals surface area (Å²) in [5.41, 5.74) is 1.01. The number of hydrogen-bond donors (Lipinski definition) is 1. The van der Waals surface area contributed by atoms with Gasteiger partial charge in [-0.25, -0.2) is 0 Å². The molecule has 118 valence electrons. The Morgan fingerprint density at radius 2 is 1.95 bits per heavy atom. The third kappa shape index (κ3) is 4.29. The molecule has 2 rings (SSSR count). The molecule has 0 spiro atoms. The lowest BCUT2D eigenvalue weighted by atomic mass is 9.96. The molecule has 1 aromatic carbocycles. The molecule has 1 aliphatic carbocycles. The number of nitrogens with zero attached hydrogens (tertiary/aromatic N) is 1. The highest BCUT2D eigenvalue weighted by Gasteiger charge is 2.36. The molecule has 3 atom stereocenters. The van der Waals surface area contributed by atoms with Crippen LogP contribution in [0.25, 0.3) is 0 Å². The van der Waals surface area contributed by atoms with E-state index in [1.54, 1.807) is 7.11 Å². The molecule has 3 unspecified atom stereocenters. The minimum Gasteiger partial charge on any atom is -0.387 e. The number of ether oxygens (including phenoxy) is 1. The van der Waals surface area contributed by atoms with Crippen molar-refractivity contribution in [3.8, 4) is 0 Å². The molecule has 1 aliphatic rings. The lowest BCUT2D eigenvalue weighted by Gasteiger charge is -2.39. The average Bonchev–Trinajstić information content (AvgIpc) is 3.36. The number of rotatable bonds is 9. The zero-order valence-corrected chi connectivity index (χ0v) is 13.5. The molecule has 1 aromatic rings. The van der Waals surface area contributed by atoms with Crippen molar-refractivity contribution >= 4 is 0 Å². The number of benzene rings is 1. The predicted octanol–water partition coefficient (Wildman–Crippen LogP) is 3.25. The number of aliphatic hydroxyl groups is 1. The maximum Gasteiger partial charge on any atom is 0.0945 e. The summed E-state index contributed by atoms with van der Waals surface area (Å²) < 4.78 is 5.28. The van der Waals surface area contributed by atoms with E-state index in [9.17, 15) is 5.11 Å². The van der Waals surface area contributed by atoms with Crippen LogP contribution in [-0.4, -0.2) is 42.4 Å². The van der Waals surface area contributed by atoms with Crippen LogP contribution in [0.15, 0.2) is 30.3 Å². The average molecular weight is 291 g/mol. The van der Waals surface area contributed by atoms with Crippen LogP contribution in [0.3, 0.4) is 0 Å². The maximum absolute atomic E-state index is 10.8. The molecule has 3 nitrogen and oxygen atoms in total. The maximum atomic E-state index is 10.8. The number of aliphatic hydroxyl groups excluding tert-OH is 1. The van der Waals surface area contributed by atoms with E-state index in [-0.39, 0.29) is 6.04 Å². The van der Waals surface area contributed by atoms with Crippen molar-refractivity contribution < 1.29 is 9.84 Å². The van der Waals surface area contributed by atoms with Crippen LogP contribution in [0.1, 0.15) is 44.8 Å². The van der Waals surface area contributed by atoms with E-state index in [0.717, 1.165) is 31.1 Å². The van der Waals surface area contributed by atoms with Crippen LogP contribution in [-0.2, 0) is 4.74 Å². The third-order valence-electron chi connectivity index (χ3n) is 4.73. The van der Waals surface area contributed by atoms with E-state index in [1.165, 1.54) is 12.8 Å². The van der Waals surface area contributed by atoms with Crippen molar-refractivity contribution in [1.82, 2.24) is 4.90 Å². The minimum absolute atomic E-state index is 0.151. The second-order valence-corrected chi connectivity index (χ2v) is 6.14. The number of methoxy groups -OCH3 is 1. The lowest BCUT2D eigenvalue weighted by Crippen LogP contribution is -2.47. The highest BCUT2D eigenvalue weighted by Crippen LogP contribution is 2.37. The molecule has 0 saturated heterocycles. The summed E-state index contributed by atoms with van der Waals surface area (Å²) in [4.78, 5) is 2.46. The van der Waals surface area contributed by atoms with Gasteiger partial charge in [-0.15, -0.1) is 0 Å². The Morgan fingerprint density at radius 3 is 2.48 bits per heavy atom. The molecule has 1 saturated carbocycles. The zero-order valence-electron chi connectivity index (χ0n) is 13.5. The molecular weight excluding hydrogens is 262 g/mol. The Hall–Kier alpha value is -0.900. The van der Waals surface area contributed by atoms with Gasteiger partial charge in [0, 0.05) is 25.7 Å². The van der Waals surface area contributed by atoms with E-state index in [2.05, 4.69) is 18.7 Å². The van der Waals surface area contributed by atoms with Gasteiger partial charge in [-0.05, 0) is 37.7 Å². The SMILES string of the molecule is CCC(C(O)c1ccccc1)N(CCOC)C(C)C1CC1. The van der Waals surface area contributed by atoms with Crippen LogP contribution in [0, 0.1) is 5.92 Å². The topological polar surface area (TPSA) is 32.7 Å². The van der Waals surface area contributed by atoms with Gasteiger partial charge in [-0.2, -0.15) is 0 Å². The fraction of sp³-hybridized carbons (Fsp3) is 0.667. The van der Waals surface area contributed by atoms with Gasteiger partial charge >= 0.3 is 0 Å². The highest BCUT2D eigenvalue weighted by atomic mass is 16.5. The Balaban J connectivity index is 2.13. The van der Waals surface area contributed by atoms with E-state index in [0.29, 0.717) is 6.04 Å². The summed E-state index contributed by atoms with van der Waals surface area (Å²) in [6.07, 6.45) is 3.15. The molecule has 0 amide bonds. The summed E-state index contributed by atoms with van der Waals surface area (Å²) >= 11 is 0. The fourth-order valence-corrected chi connectivity index (χ4v) is 3.23. The fourth-order valence-electron chi connectivity index (χ4n) is 3.23. The van der Waals surface area contributed by atoms with Crippen molar-refractivity contribution in [3.63, 3.8) is 0 Å². The van der Waals surface area contributed by atoms with E-state index in [1.807, 2.05) is 30.3 Å². The molecule has 0 aromatic heterocycles. The molecule has 1 fully saturated rings. The summed E-state index contributed by atoms with van der Waals surface area (Å²) in [6, 6.07) is 10.7. The predicted molar refractivity (Wildman–Crippen MR) is 86.2 cm³/mol. The Morgan fingerprint density at radius 1 is 1.29 bits per heavy atom. The van der Waals surface area contributed by atoms with Gasteiger partial charge in [-0.3, -0.25) is 4.90 Å². The Bertz CT molecular complexity index is 405. The molecule has 0 radical (unpaired) electrons. The van der Waals surface area contributed by atoms with Crippen molar-refractivity contribution in [2.45, 2.75) is 51.3 Å². The molecule has 0 heterocycles. The van der Waals surface area contributed by atoms with E-state index < -0.39 is 6.10 Å². The van der Waals surface area contributed by atoms with Crippen LogP contribution >= 0.6 is 0 Å². The molecule has 21 heavy (non-hydrogen) atoms. The lowest BCUT2D eigenvalue weighted by molar-refractivity contribution is 0.00487. The first kappa shape index (κ1) is 16.5. The summed E-state index contributed by atoms with van der Waals surface area (Å²) in [5, 5.41) is 10.8. The van der Waals surface area contributed by atoms with Gasteiger partial charge in [0.1, 0.15) is 0 Å². The first-order valence-corrected chi connectivity index (χ1v) is 8.16. The largest absolute Gasteiger partial charge is 0.387 e. The zero-order chi connectivity index (χ0) is 15.2. The molecule has 0 bridgehead atoms. The van der Waals surface area contributed by atoms with E-state index in [4.69, 9.17) is 4.74 Å². The van der Waals surface area contributed by atoms with Crippen LogP contribution in [0.2, 0.25) is 0 Å². The van der Waals surface area contributed by atoms with Gasteiger partial charge in [-0.1, -0.05) is 37.3 Å². The molecular formula is C18H29NO2. The van der Waals surface area contributed by atoms with Crippen LogP contribution < -0.4 is 0 Å².